The summed E-state index contributed by atoms with van der Waals surface area (Å²) in [5, 5.41) is 5.44. The molecular formula is C35H30N8O6S2. The molecule has 4 aromatic rings. The Morgan fingerprint density at radius 1 is 0.686 bits per heavy atom. The largest absolute Gasteiger partial charge is 0.462 e. The van der Waals surface area contributed by atoms with E-state index in [9.17, 15) is 24.0 Å². The molecule has 2 aromatic carbocycles. The van der Waals surface area contributed by atoms with E-state index < -0.39 is 11.8 Å². The molecule has 4 aliphatic heterocycles. The molecule has 0 spiro atoms. The number of hydrogen-bond donors (Lipinski definition) is 2. The number of thioether (sulfide) groups is 2. The van der Waals surface area contributed by atoms with Crippen LogP contribution >= 0.6 is 23.5 Å². The lowest BCUT2D eigenvalue weighted by atomic mass is 9.96. The molecule has 0 saturated carbocycles. The predicted molar refractivity (Wildman–Crippen MR) is 194 cm³/mol. The Morgan fingerprint density at radius 2 is 1.16 bits per heavy atom. The van der Waals surface area contributed by atoms with Gasteiger partial charge in [0.25, 0.3) is 22.3 Å². The molecule has 0 aliphatic carbocycles. The molecule has 0 atom stereocenters. The molecule has 4 amide bonds. The monoisotopic (exact) mass is 722 g/mol. The number of hydrogen-bond acceptors (Lipinski definition) is 14. The lowest BCUT2D eigenvalue weighted by molar-refractivity contribution is -0.155. The van der Waals surface area contributed by atoms with Crippen LogP contribution in [0, 0.1) is 5.92 Å². The molecule has 4 aliphatic rings. The molecule has 8 rings (SSSR count). The molecule has 0 radical (unpaired) electrons. The lowest BCUT2D eigenvalue weighted by Crippen LogP contribution is -2.41. The smallest absolute Gasteiger partial charge is 0.309 e. The summed E-state index contributed by atoms with van der Waals surface area (Å²) >= 11 is 1.75. The molecule has 2 aromatic heterocycles. The highest BCUT2D eigenvalue weighted by atomic mass is 32.2. The van der Waals surface area contributed by atoms with Crippen molar-refractivity contribution in [3.8, 4) is 0 Å². The van der Waals surface area contributed by atoms with Gasteiger partial charge in [0.2, 0.25) is 0 Å². The van der Waals surface area contributed by atoms with E-state index in [4.69, 9.17) is 4.74 Å². The molecule has 258 valence electrons. The van der Waals surface area contributed by atoms with E-state index in [1.54, 1.807) is 12.2 Å². The van der Waals surface area contributed by atoms with Crippen LogP contribution in [-0.4, -0.2) is 80.5 Å². The van der Waals surface area contributed by atoms with Crippen LogP contribution in [0.5, 0.6) is 0 Å². The maximum atomic E-state index is 13.3. The molecule has 0 unspecified atom stereocenters. The number of esters is 1. The molecule has 16 heteroatoms. The summed E-state index contributed by atoms with van der Waals surface area (Å²) in [6.45, 7) is 2.56. The zero-order chi connectivity index (χ0) is 35.1. The Hall–Kier alpha value is -5.35. The standard InChI is InChI=1S/C35H30N8O6S2/c44-31-27(50-34(47)40-31)15-19-1-3-25-23(13-19)29(38-17-36-25)42-9-5-21(6-10-42)33(46)49-22-7-11-43(12-8-22)30-24-14-20(2-4-26(24)37-18-39-30)16-28-32(45)41-35(48)51-28/h1-4,13-18,21-22H,5-12H2,(H,40,44,47)(H,41,45,48). The van der Waals surface area contributed by atoms with Crippen molar-refractivity contribution >= 4 is 97.4 Å². The maximum absolute atomic E-state index is 13.3. The molecule has 4 saturated heterocycles. The second-order valence-corrected chi connectivity index (χ2v) is 14.6. The van der Waals surface area contributed by atoms with Crippen LogP contribution in [0.4, 0.5) is 21.2 Å². The molecule has 2 N–H and O–H groups in total. The Kier molecular flexibility index (Phi) is 8.85. The summed E-state index contributed by atoms with van der Waals surface area (Å²) in [5.41, 5.74) is 3.06. The number of anilines is 2. The number of carbonyl (C=O) groups is 5. The molecule has 14 nitrogen and oxygen atoms in total. The zero-order valence-corrected chi connectivity index (χ0v) is 28.7. The van der Waals surface area contributed by atoms with E-state index in [1.807, 2.05) is 36.4 Å². The minimum absolute atomic E-state index is 0.172. The second-order valence-electron chi connectivity index (χ2n) is 12.5. The first kappa shape index (κ1) is 32.8. The van der Waals surface area contributed by atoms with Crippen molar-refractivity contribution < 1.29 is 28.7 Å². The van der Waals surface area contributed by atoms with E-state index >= 15 is 0 Å². The molecule has 51 heavy (non-hydrogen) atoms. The number of ether oxygens (including phenoxy) is 1. The highest BCUT2D eigenvalue weighted by molar-refractivity contribution is 8.18. The van der Waals surface area contributed by atoms with Gasteiger partial charge in [-0.3, -0.25) is 34.6 Å². The molecule has 4 fully saturated rings. The van der Waals surface area contributed by atoms with E-state index in [2.05, 4.69) is 40.4 Å². The van der Waals surface area contributed by atoms with E-state index in [0.717, 1.165) is 68.1 Å². The van der Waals surface area contributed by atoms with Crippen LogP contribution in [0.15, 0.2) is 58.9 Å². The first-order chi connectivity index (χ1) is 24.8. The zero-order valence-electron chi connectivity index (χ0n) is 27.0. The highest BCUT2D eigenvalue weighted by Crippen LogP contribution is 2.33. The number of amides is 4. The van der Waals surface area contributed by atoms with Crippen LogP contribution in [0.1, 0.15) is 36.8 Å². The number of fused-ring (bicyclic) bond motifs is 2. The number of rotatable bonds is 6. The summed E-state index contributed by atoms with van der Waals surface area (Å²) in [5.74, 6) is 0.339. The van der Waals surface area contributed by atoms with Gasteiger partial charge in [-0.05, 0) is 83.9 Å². The summed E-state index contributed by atoms with van der Waals surface area (Å²) < 4.78 is 6.04. The summed E-state index contributed by atoms with van der Waals surface area (Å²) in [6, 6.07) is 11.3. The van der Waals surface area contributed by atoms with Gasteiger partial charge in [0, 0.05) is 49.8 Å². The number of piperidine rings is 2. The maximum Gasteiger partial charge on any atom is 0.309 e. The van der Waals surface area contributed by atoms with Crippen molar-refractivity contribution in [2.45, 2.75) is 31.8 Å². The van der Waals surface area contributed by atoms with Gasteiger partial charge < -0.3 is 14.5 Å². The molecule has 6 heterocycles. The van der Waals surface area contributed by atoms with E-state index in [-0.39, 0.29) is 28.5 Å². The summed E-state index contributed by atoms with van der Waals surface area (Å²) in [7, 11) is 0. The highest BCUT2D eigenvalue weighted by Gasteiger charge is 2.32. The number of imide groups is 2. The third-order valence-electron chi connectivity index (χ3n) is 9.31. The van der Waals surface area contributed by atoms with Crippen LogP contribution in [0.2, 0.25) is 0 Å². The van der Waals surface area contributed by atoms with Crippen LogP contribution in [-0.2, 0) is 19.1 Å². The van der Waals surface area contributed by atoms with Crippen molar-refractivity contribution in [1.29, 1.82) is 0 Å². The fourth-order valence-electron chi connectivity index (χ4n) is 6.72. The van der Waals surface area contributed by atoms with Gasteiger partial charge in [0.05, 0.1) is 26.8 Å². The average molecular weight is 723 g/mol. The fraction of sp³-hybridized carbons (Fsp3) is 0.286. The Bertz CT molecular complexity index is 2190. The number of nitrogens with one attached hydrogen (secondary N) is 2. The normalized spacial score (nSPS) is 20.5. The van der Waals surface area contributed by atoms with Crippen molar-refractivity contribution in [3.05, 3.63) is 70.0 Å². The minimum Gasteiger partial charge on any atom is -0.462 e. The number of benzene rings is 2. The number of aromatic nitrogens is 4. The van der Waals surface area contributed by atoms with Crippen molar-refractivity contribution in [3.63, 3.8) is 0 Å². The number of nitrogens with zero attached hydrogens (tertiary/aromatic N) is 6. The first-order valence-electron chi connectivity index (χ1n) is 16.5. The van der Waals surface area contributed by atoms with Crippen LogP contribution in [0.3, 0.4) is 0 Å². The fourth-order valence-corrected chi connectivity index (χ4v) is 8.09. The van der Waals surface area contributed by atoms with E-state index in [0.29, 0.717) is 61.7 Å². The molecular weight excluding hydrogens is 693 g/mol. The van der Waals surface area contributed by atoms with Gasteiger partial charge in [0.1, 0.15) is 30.4 Å². The van der Waals surface area contributed by atoms with Crippen molar-refractivity contribution in [2.75, 3.05) is 36.0 Å². The van der Waals surface area contributed by atoms with Gasteiger partial charge in [-0.1, -0.05) is 12.1 Å². The first-order valence-corrected chi connectivity index (χ1v) is 18.1. The second kappa shape index (κ2) is 13.8. The molecule has 0 bridgehead atoms. The third-order valence-corrected chi connectivity index (χ3v) is 10.9. The summed E-state index contributed by atoms with van der Waals surface area (Å²) in [6.07, 6.45) is 8.83. The SMILES string of the molecule is O=C1NC(=O)C(=Cc2ccc3ncnc(N4CCC(OC(=O)C5CCN(c6ncnc7ccc(C=C8SC(=O)NC8=O)cc67)CC5)CC4)c3c2)S1. The Labute approximate surface area is 299 Å². The summed E-state index contributed by atoms with van der Waals surface area (Å²) in [4.78, 5) is 83.5. The topological polar surface area (TPSA) is 177 Å². The Balaban J connectivity index is 0.880. The number of carbonyl (C=O) groups excluding carboxylic acids is 5. The quantitative estimate of drug-likeness (QED) is 0.208. The van der Waals surface area contributed by atoms with Crippen LogP contribution in [0.25, 0.3) is 34.0 Å². The lowest BCUT2D eigenvalue weighted by Gasteiger charge is -2.35. The average Bonchev–Trinajstić information content (AvgIpc) is 3.64. The Morgan fingerprint density at radius 3 is 1.61 bits per heavy atom. The minimum atomic E-state index is -0.408. The van der Waals surface area contributed by atoms with Gasteiger partial charge in [-0.15, -0.1) is 0 Å². The van der Waals surface area contributed by atoms with Gasteiger partial charge in [-0.25, -0.2) is 19.9 Å². The van der Waals surface area contributed by atoms with Gasteiger partial charge >= 0.3 is 5.97 Å². The third kappa shape index (κ3) is 6.88. The van der Waals surface area contributed by atoms with Gasteiger partial charge in [-0.2, -0.15) is 0 Å². The van der Waals surface area contributed by atoms with Crippen molar-refractivity contribution in [1.82, 2.24) is 30.6 Å². The van der Waals surface area contributed by atoms with Crippen LogP contribution < -0.4 is 20.4 Å². The predicted octanol–water partition coefficient (Wildman–Crippen LogP) is 4.65. The van der Waals surface area contributed by atoms with Gasteiger partial charge in [0.15, 0.2) is 0 Å². The van der Waals surface area contributed by atoms with E-state index in [1.165, 1.54) is 12.7 Å². The van der Waals surface area contributed by atoms with Crippen molar-refractivity contribution in [2.24, 2.45) is 5.92 Å².